The van der Waals surface area contributed by atoms with Crippen molar-refractivity contribution in [1.29, 1.82) is 0 Å². The van der Waals surface area contributed by atoms with Gasteiger partial charge in [0.2, 0.25) is 0 Å². The molecule has 0 aromatic heterocycles. The molecule has 0 aliphatic heterocycles. The Kier molecular flexibility index (Phi) is 16.7. The van der Waals surface area contributed by atoms with Crippen LogP contribution in [-0.4, -0.2) is 13.2 Å². The Morgan fingerprint density at radius 1 is 0.350 bits per heavy atom. The Hall–Kier alpha value is -2.22. The maximum Gasteiger partial charge on any atom is 0.169 e. The topological polar surface area (TPSA) is 18.5 Å². The number of rotatable bonds is 24. The molecular weight excluding hydrogens is 488 g/mol. The minimum Gasteiger partial charge on any atom is -0.489 e. The van der Waals surface area contributed by atoms with E-state index in [2.05, 4.69) is 62.4 Å². The van der Waals surface area contributed by atoms with Crippen LogP contribution < -0.4 is 9.47 Å². The van der Waals surface area contributed by atoms with Gasteiger partial charge in [0.15, 0.2) is 11.5 Å². The molecule has 0 saturated carbocycles. The highest BCUT2D eigenvalue weighted by Crippen LogP contribution is 2.43. The highest BCUT2D eigenvalue weighted by Gasteiger charge is 2.16. The Bertz CT molecular complexity index is 971. The summed E-state index contributed by atoms with van der Waals surface area (Å²) < 4.78 is 13.1. The third-order valence-corrected chi connectivity index (χ3v) is 8.33. The zero-order valence-corrected chi connectivity index (χ0v) is 26.0. The molecule has 2 heteroatoms. The van der Waals surface area contributed by atoms with Crippen LogP contribution >= 0.6 is 0 Å². The van der Waals surface area contributed by atoms with Crippen molar-refractivity contribution < 1.29 is 9.47 Å². The highest BCUT2D eigenvalue weighted by atomic mass is 16.5. The number of hydrogen-bond acceptors (Lipinski definition) is 2. The first kappa shape index (κ1) is 32.3. The molecule has 3 aromatic rings. The molecule has 0 spiro atoms. The Morgan fingerprint density at radius 3 is 0.950 bits per heavy atom. The molecule has 3 rings (SSSR count). The number of fused-ring (bicyclic) bond motifs is 3. The summed E-state index contributed by atoms with van der Waals surface area (Å²) in [6.07, 6.45) is 26.7. The summed E-state index contributed by atoms with van der Waals surface area (Å²) in [5.41, 5.74) is 0. The van der Waals surface area contributed by atoms with Crippen LogP contribution in [0.5, 0.6) is 11.5 Å². The molecule has 0 amide bonds. The second-order valence-electron chi connectivity index (χ2n) is 11.8. The van der Waals surface area contributed by atoms with Crippen molar-refractivity contribution >= 4 is 21.5 Å². The standard InChI is InChI=1S/C38H58O2/c1-3-5-7-9-11-13-15-17-19-25-31-39-37-35-29-23-21-27-33(35)34-28-22-24-30-36(34)38(37)40-32-26-20-18-16-14-12-10-8-6-4-2/h21-24,27-30H,3-20,25-26,31-32H2,1-2H3. The van der Waals surface area contributed by atoms with Gasteiger partial charge in [0, 0.05) is 10.8 Å². The predicted octanol–water partition coefficient (Wildman–Crippen LogP) is 12.6. The zero-order chi connectivity index (χ0) is 28.1. The quantitative estimate of drug-likeness (QED) is 0.0821. The van der Waals surface area contributed by atoms with Crippen LogP contribution in [0.1, 0.15) is 142 Å². The van der Waals surface area contributed by atoms with E-state index in [-0.39, 0.29) is 0 Å². The van der Waals surface area contributed by atoms with Crippen molar-refractivity contribution in [2.45, 2.75) is 142 Å². The Labute approximate surface area is 246 Å². The van der Waals surface area contributed by atoms with E-state index >= 15 is 0 Å². The normalized spacial score (nSPS) is 11.4. The summed E-state index contributed by atoms with van der Waals surface area (Å²) in [5, 5.41) is 4.85. The third-order valence-electron chi connectivity index (χ3n) is 8.33. The molecule has 3 aromatic carbocycles. The van der Waals surface area contributed by atoms with Crippen LogP contribution in [0.15, 0.2) is 48.5 Å². The van der Waals surface area contributed by atoms with Gasteiger partial charge >= 0.3 is 0 Å². The molecule has 0 fully saturated rings. The van der Waals surface area contributed by atoms with E-state index in [1.54, 1.807) is 0 Å². The third kappa shape index (κ3) is 11.3. The molecule has 0 saturated heterocycles. The first-order valence-electron chi connectivity index (χ1n) is 17.1. The average molecular weight is 547 g/mol. The average Bonchev–Trinajstić information content (AvgIpc) is 2.99. The first-order valence-corrected chi connectivity index (χ1v) is 17.1. The molecule has 0 unspecified atom stereocenters. The van der Waals surface area contributed by atoms with Gasteiger partial charge in [-0.05, 0) is 23.6 Å². The number of ether oxygens (including phenoxy) is 2. The van der Waals surface area contributed by atoms with Gasteiger partial charge in [-0.15, -0.1) is 0 Å². The molecule has 0 radical (unpaired) electrons. The van der Waals surface area contributed by atoms with Crippen LogP contribution in [-0.2, 0) is 0 Å². The molecule has 0 aliphatic rings. The summed E-state index contributed by atoms with van der Waals surface area (Å²) >= 11 is 0. The van der Waals surface area contributed by atoms with Gasteiger partial charge in [-0.2, -0.15) is 0 Å². The largest absolute Gasteiger partial charge is 0.489 e. The highest BCUT2D eigenvalue weighted by molar-refractivity contribution is 6.13. The van der Waals surface area contributed by atoms with Gasteiger partial charge in [0.25, 0.3) is 0 Å². The number of unbranched alkanes of at least 4 members (excludes halogenated alkanes) is 18. The Balaban J connectivity index is 1.50. The van der Waals surface area contributed by atoms with Crippen LogP contribution in [0.3, 0.4) is 0 Å². The SMILES string of the molecule is CCCCCCCCCCCCOc1c(OCCCCCCCCCCCC)c2ccccc2c2ccccc12. The van der Waals surface area contributed by atoms with Crippen molar-refractivity contribution in [2.24, 2.45) is 0 Å². The lowest BCUT2D eigenvalue weighted by molar-refractivity contribution is 0.263. The van der Waals surface area contributed by atoms with Crippen LogP contribution in [0.2, 0.25) is 0 Å². The first-order chi connectivity index (χ1) is 19.9. The lowest BCUT2D eigenvalue weighted by atomic mass is 10.00. The van der Waals surface area contributed by atoms with Gasteiger partial charge in [-0.1, -0.05) is 178 Å². The lowest BCUT2D eigenvalue weighted by Crippen LogP contribution is -2.04. The molecule has 0 N–H and O–H groups in total. The molecule has 0 atom stereocenters. The molecule has 0 aliphatic carbocycles. The number of benzene rings is 3. The van der Waals surface area contributed by atoms with E-state index in [1.807, 2.05) is 0 Å². The summed E-state index contributed by atoms with van der Waals surface area (Å²) in [4.78, 5) is 0. The second kappa shape index (κ2) is 20.6. The van der Waals surface area contributed by atoms with Gasteiger partial charge in [-0.3, -0.25) is 0 Å². The maximum atomic E-state index is 6.56. The van der Waals surface area contributed by atoms with Crippen molar-refractivity contribution in [3.63, 3.8) is 0 Å². The summed E-state index contributed by atoms with van der Waals surface area (Å²) in [5.74, 6) is 1.88. The fraction of sp³-hybridized carbons (Fsp3) is 0.632. The van der Waals surface area contributed by atoms with Crippen molar-refractivity contribution in [2.75, 3.05) is 13.2 Å². The molecule has 0 bridgehead atoms. The van der Waals surface area contributed by atoms with Gasteiger partial charge in [-0.25, -0.2) is 0 Å². The lowest BCUT2D eigenvalue weighted by Gasteiger charge is -2.18. The van der Waals surface area contributed by atoms with Crippen LogP contribution in [0, 0.1) is 0 Å². The smallest absolute Gasteiger partial charge is 0.169 e. The molecule has 0 heterocycles. The minimum atomic E-state index is 0.757. The molecule has 2 nitrogen and oxygen atoms in total. The van der Waals surface area contributed by atoms with Gasteiger partial charge in [0.05, 0.1) is 13.2 Å². The van der Waals surface area contributed by atoms with E-state index < -0.39 is 0 Å². The zero-order valence-electron chi connectivity index (χ0n) is 26.0. The second-order valence-corrected chi connectivity index (χ2v) is 11.8. The summed E-state index contributed by atoms with van der Waals surface area (Å²) in [6.45, 7) is 6.09. The fourth-order valence-electron chi connectivity index (χ4n) is 5.89. The van der Waals surface area contributed by atoms with Crippen molar-refractivity contribution in [1.82, 2.24) is 0 Å². The minimum absolute atomic E-state index is 0.757. The molecule has 40 heavy (non-hydrogen) atoms. The van der Waals surface area contributed by atoms with Crippen LogP contribution in [0.4, 0.5) is 0 Å². The van der Waals surface area contributed by atoms with Crippen LogP contribution in [0.25, 0.3) is 21.5 Å². The van der Waals surface area contributed by atoms with Crippen molar-refractivity contribution in [3.8, 4) is 11.5 Å². The fourth-order valence-corrected chi connectivity index (χ4v) is 5.89. The van der Waals surface area contributed by atoms with E-state index in [0.29, 0.717) is 0 Å². The van der Waals surface area contributed by atoms with E-state index in [4.69, 9.17) is 9.47 Å². The van der Waals surface area contributed by atoms with E-state index in [0.717, 1.165) is 37.6 Å². The van der Waals surface area contributed by atoms with E-state index in [1.165, 1.54) is 137 Å². The summed E-state index contributed by atoms with van der Waals surface area (Å²) in [6, 6.07) is 17.3. The van der Waals surface area contributed by atoms with Crippen molar-refractivity contribution in [3.05, 3.63) is 48.5 Å². The molecular formula is C38H58O2. The van der Waals surface area contributed by atoms with E-state index in [9.17, 15) is 0 Å². The van der Waals surface area contributed by atoms with Gasteiger partial charge in [0.1, 0.15) is 0 Å². The maximum absolute atomic E-state index is 6.56. The molecule has 222 valence electrons. The Morgan fingerprint density at radius 2 is 0.625 bits per heavy atom. The summed E-state index contributed by atoms with van der Waals surface area (Å²) in [7, 11) is 0. The predicted molar refractivity (Wildman–Crippen MR) is 176 cm³/mol. The van der Waals surface area contributed by atoms with Gasteiger partial charge < -0.3 is 9.47 Å². The number of hydrogen-bond donors (Lipinski definition) is 0. The monoisotopic (exact) mass is 546 g/mol.